The standard InChI is InChI=1S/C29H37NO5/c1-16-11-21(32-7)26-19(13-18(31-6)14-22(26)33-8)25(16)27-20-12-17(2)30(5)29(3,4)28(20)24(35-10)15-23(27)34-9/h11,13-15,17H,12H2,1-10H3/t17-/m0/s1. The van der Waals surface area contributed by atoms with E-state index in [0.29, 0.717) is 11.8 Å². The average molecular weight is 480 g/mol. The summed E-state index contributed by atoms with van der Waals surface area (Å²) in [5.41, 5.74) is 5.45. The van der Waals surface area contributed by atoms with Gasteiger partial charge in [0.25, 0.3) is 0 Å². The highest BCUT2D eigenvalue weighted by Gasteiger charge is 2.41. The van der Waals surface area contributed by atoms with Gasteiger partial charge in [-0.15, -0.1) is 0 Å². The number of ether oxygens (including phenoxy) is 5. The van der Waals surface area contributed by atoms with Gasteiger partial charge in [-0.05, 0) is 70.0 Å². The van der Waals surface area contributed by atoms with Crippen molar-refractivity contribution in [1.29, 1.82) is 0 Å². The lowest BCUT2D eigenvalue weighted by molar-refractivity contribution is 0.0900. The zero-order chi connectivity index (χ0) is 25.7. The molecule has 0 amide bonds. The first-order valence-corrected chi connectivity index (χ1v) is 11.9. The Kier molecular flexibility index (Phi) is 6.54. The van der Waals surface area contributed by atoms with E-state index in [0.717, 1.165) is 56.9 Å². The van der Waals surface area contributed by atoms with Crippen LogP contribution in [0.3, 0.4) is 0 Å². The maximum absolute atomic E-state index is 6.02. The molecule has 0 spiro atoms. The van der Waals surface area contributed by atoms with E-state index in [9.17, 15) is 0 Å². The van der Waals surface area contributed by atoms with Gasteiger partial charge in [0, 0.05) is 40.2 Å². The number of rotatable bonds is 6. The molecule has 0 aromatic heterocycles. The summed E-state index contributed by atoms with van der Waals surface area (Å²) >= 11 is 0. The van der Waals surface area contributed by atoms with Gasteiger partial charge in [-0.1, -0.05) is 0 Å². The van der Waals surface area contributed by atoms with Crippen molar-refractivity contribution in [2.24, 2.45) is 0 Å². The minimum Gasteiger partial charge on any atom is -0.497 e. The summed E-state index contributed by atoms with van der Waals surface area (Å²) in [7, 11) is 10.7. The Morgan fingerprint density at radius 2 is 1.37 bits per heavy atom. The molecule has 3 aromatic carbocycles. The zero-order valence-electron chi connectivity index (χ0n) is 22.6. The Hall–Kier alpha value is -3.12. The van der Waals surface area contributed by atoms with E-state index >= 15 is 0 Å². The minimum absolute atomic E-state index is 0.231. The molecule has 188 valence electrons. The zero-order valence-corrected chi connectivity index (χ0v) is 22.6. The predicted molar refractivity (Wildman–Crippen MR) is 141 cm³/mol. The molecule has 0 saturated carbocycles. The topological polar surface area (TPSA) is 49.4 Å². The van der Waals surface area contributed by atoms with E-state index in [4.69, 9.17) is 23.7 Å². The number of nitrogens with zero attached hydrogens (tertiary/aromatic N) is 1. The van der Waals surface area contributed by atoms with Crippen LogP contribution >= 0.6 is 0 Å². The van der Waals surface area contributed by atoms with Crippen molar-refractivity contribution in [2.45, 2.75) is 45.7 Å². The van der Waals surface area contributed by atoms with E-state index < -0.39 is 0 Å². The molecule has 1 aliphatic rings. The third-order valence-electron chi connectivity index (χ3n) is 7.71. The molecule has 0 unspecified atom stereocenters. The molecule has 4 rings (SSSR count). The van der Waals surface area contributed by atoms with E-state index in [1.165, 1.54) is 11.1 Å². The van der Waals surface area contributed by atoms with Crippen molar-refractivity contribution in [3.05, 3.63) is 41.0 Å². The van der Waals surface area contributed by atoms with Gasteiger partial charge in [0.05, 0.1) is 40.9 Å². The first-order chi connectivity index (χ1) is 16.6. The quantitative estimate of drug-likeness (QED) is 0.434. The van der Waals surface area contributed by atoms with E-state index in [1.54, 1.807) is 35.5 Å². The summed E-state index contributed by atoms with van der Waals surface area (Å²) in [6, 6.07) is 8.38. The SMILES string of the molecule is COc1cc(OC)c2c(OC)cc(C)c(-c3c(OC)cc(OC)c4c3C[C@H](C)N(C)C4(C)C)c2c1. The van der Waals surface area contributed by atoms with Gasteiger partial charge in [-0.3, -0.25) is 4.90 Å². The first kappa shape index (κ1) is 25.0. The molecular weight excluding hydrogens is 442 g/mol. The van der Waals surface area contributed by atoms with Gasteiger partial charge >= 0.3 is 0 Å². The molecule has 0 bridgehead atoms. The number of benzene rings is 3. The maximum atomic E-state index is 6.02. The van der Waals surface area contributed by atoms with Gasteiger partial charge in [-0.2, -0.15) is 0 Å². The molecule has 1 aliphatic heterocycles. The van der Waals surface area contributed by atoms with E-state index in [2.05, 4.69) is 51.8 Å². The fraction of sp³-hybridized carbons (Fsp3) is 0.448. The number of aryl methyl sites for hydroxylation is 1. The lowest BCUT2D eigenvalue weighted by Crippen LogP contribution is -2.49. The molecule has 1 atom stereocenters. The number of methoxy groups -OCH3 is 5. The van der Waals surface area contributed by atoms with Crippen molar-refractivity contribution in [2.75, 3.05) is 42.6 Å². The van der Waals surface area contributed by atoms with Crippen molar-refractivity contribution < 1.29 is 23.7 Å². The number of fused-ring (bicyclic) bond motifs is 2. The highest BCUT2D eigenvalue weighted by Crippen LogP contribution is 2.53. The minimum atomic E-state index is -0.231. The molecule has 6 nitrogen and oxygen atoms in total. The Morgan fingerprint density at radius 3 is 1.94 bits per heavy atom. The molecule has 0 aliphatic carbocycles. The van der Waals surface area contributed by atoms with Crippen LogP contribution in [0.1, 0.15) is 37.5 Å². The van der Waals surface area contributed by atoms with Gasteiger partial charge in [-0.25, -0.2) is 0 Å². The fourth-order valence-corrected chi connectivity index (χ4v) is 5.68. The summed E-state index contributed by atoms with van der Waals surface area (Å²) < 4.78 is 29.2. The van der Waals surface area contributed by atoms with E-state index in [-0.39, 0.29) is 5.54 Å². The summed E-state index contributed by atoms with van der Waals surface area (Å²) in [5, 5.41) is 1.90. The first-order valence-electron chi connectivity index (χ1n) is 11.9. The van der Waals surface area contributed by atoms with Crippen LogP contribution in [0.2, 0.25) is 0 Å². The molecule has 0 fully saturated rings. The Balaban J connectivity index is 2.23. The molecule has 0 saturated heterocycles. The van der Waals surface area contributed by atoms with Crippen LogP contribution < -0.4 is 23.7 Å². The van der Waals surface area contributed by atoms with Crippen LogP contribution in [0.25, 0.3) is 21.9 Å². The maximum Gasteiger partial charge on any atom is 0.134 e. The Bertz CT molecular complexity index is 1280. The highest BCUT2D eigenvalue weighted by molar-refractivity contribution is 6.07. The summed E-state index contributed by atoms with van der Waals surface area (Å²) in [6.45, 7) is 8.89. The smallest absolute Gasteiger partial charge is 0.134 e. The van der Waals surface area contributed by atoms with Crippen LogP contribution in [0.4, 0.5) is 0 Å². The monoisotopic (exact) mass is 479 g/mol. The molecule has 0 N–H and O–H groups in total. The molecule has 3 aromatic rings. The molecule has 35 heavy (non-hydrogen) atoms. The van der Waals surface area contributed by atoms with E-state index in [1.807, 2.05) is 12.1 Å². The van der Waals surface area contributed by atoms with Crippen LogP contribution in [0.5, 0.6) is 28.7 Å². The second-order valence-electron chi connectivity index (χ2n) is 9.76. The lowest BCUT2D eigenvalue weighted by atomic mass is 9.76. The number of hydrogen-bond acceptors (Lipinski definition) is 6. The summed E-state index contributed by atoms with van der Waals surface area (Å²) in [6.07, 6.45) is 0.867. The normalized spacial score (nSPS) is 17.1. The van der Waals surface area contributed by atoms with Crippen molar-refractivity contribution in [3.8, 4) is 39.9 Å². The van der Waals surface area contributed by atoms with Crippen molar-refractivity contribution in [3.63, 3.8) is 0 Å². The largest absolute Gasteiger partial charge is 0.497 e. The second-order valence-corrected chi connectivity index (χ2v) is 9.76. The second kappa shape index (κ2) is 9.15. The Labute approximate surface area is 208 Å². The summed E-state index contributed by atoms with van der Waals surface area (Å²) in [4.78, 5) is 2.42. The van der Waals surface area contributed by atoms with Crippen LogP contribution in [-0.4, -0.2) is 53.5 Å². The fourth-order valence-electron chi connectivity index (χ4n) is 5.68. The van der Waals surface area contributed by atoms with Crippen LogP contribution in [-0.2, 0) is 12.0 Å². The van der Waals surface area contributed by atoms with Gasteiger partial charge in [0.1, 0.15) is 28.7 Å². The Morgan fingerprint density at radius 1 is 0.771 bits per heavy atom. The highest BCUT2D eigenvalue weighted by atomic mass is 16.5. The number of hydrogen-bond donors (Lipinski definition) is 0. The molecule has 0 radical (unpaired) electrons. The lowest BCUT2D eigenvalue weighted by Gasteiger charge is -2.47. The van der Waals surface area contributed by atoms with Gasteiger partial charge < -0.3 is 23.7 Å². The van der Waals surface area contributed by atoms with Crippen molar-refractivity contribution in [1.82, 2.24) is 4.90 Å². The van der Waals surface area contributed by atoms with Gasteiger partial charge in [0.15, 0.2) is 0 Å². The van der Waals surface area contributed by atoms with Crippen LogP contribution in [0, 0.1) is 6.92 Å². The third-order valence-corrected chi connectivity index (χ3v) is 7.71. The molecule has 1 heterocycles. The van der Waals surface area contributed by atoms with Crippen LogP contribution in [0.15, 0.2) is 24.3 Å². The average Bonchev–Trinajstić information content (AvgIpc) is 2.85. The predicted octanol–water partition coefficient (Wildman–Crippen LogP) is 5.97. The van der Waals surface area contributed by atoms with Crippen molar-refractivity contribution >= 4 is 10.8 Å². The third kappa shape index (κ3) is 3.75. The number of likely N-dealkylation sites (N-methyl/N-ethyl adjacent to an activating group) is 1. The molecule has 6 heteroatoms. The van der Waals surface area contributed by atoms with Gasteiger partial charge in [0.2, 0.25) is 0 Å². The molecular formula is C29H37NO5. The summed E-state index contributed by atoms with van der Waals surface area (Å²) in [5.74, 6) is 3.81.